The van der Waals surface area contributed by atoms with Crippen LogP contribution in [0.4, 0.5) is 4.39 Å². The molecule has 94 valence electrons. The van der Waals surface area contributed by atoms with Crippen LogP contribution >= 0.6 is 0 Å². The number of rotatable bonds is 6. The summed E-state index contributed by atoms with van der Waals surface area (Å²) in [4.78, 5) is 0. The summed E-state index contributed by atoms with van der Waals surface area (Å²) in [6.45, 7) is 2.28. The molecule has 0 atom stereocenters. The van der Waals surface area contributed by atoms with Crippen molar-refractivity contribution in [3.8, 4) is 0 Å². The molecule has 17 heavy (non-hydrogen) atoms. The highest BCUT2D eigenvalue weighted by Crippen LogP contribution is 2.20. The Balaban J connectivity index is 1.56. The van der Waals surface area contributed by atoms with Crippen LogP contribution < -0.4 is 5.32 Å². The summed E-state index contributed by atoms with van der Waals surface area (Å²) in [5, 5.41) is 3.26. The smallest absolute Gasteiger partial charge is 0.123 e. The van der Waals surface area contributed by atoms with Gasteiger partial charge in [-0.05, 0) is 30.5 Å². The van der Waals surface area contributed by atoms with E-state index in [9.17, 15) is 4.39 Å². The Bertz CT molecular complexity index is 337. The van der Waals surface area contributed by atoms with Crippen LogP contribution in [0.25, 0.3) is 0 Å². The topological polar surface area (TPSA) is 21.3 Å². The van der Waals surface area contributed by atoms with Gasteiger partial charge in [-0.25, -0.2) is 4.39 Å². The molecule has 1 aliphatic rings. The summed E-state index contributed by atoms with van der Waals surface area (Å²) >= 11 is 0. The van der Waals surface area contributed by atoms with Gasteiger partial charge in [0, 0.05) is 13.1 Å². The zero-order valence-electron chi connectivity index (χ0n) is 10.1. The maximum Gasteiger partial charge on any atom is 0.123 e. The molecule has 0 amide bonds. The SMILES string of the molecule is Fc1cccc(CNCCOC2CCCC2)c1. The number of benzene rings is 1. The summed E-state index contributed by atoms with van der Waals surface area (Å²) in [7, 11) is 0. The van der Waals surface area contributed by atoms with Gasteiger partial charge in [0.25, 0.3) is 0 Å². The normalized spacial score (nSPS) is 16.5. The molecular weight excluding hydrogens is 217 g/mol. The van der Waals surface area contributed by atoms with Crippen molar-refractivity contribution >= 4 is 0 Å². The van der Waals surface area contributed by atoms with Crippen molar-refractivity contribution in [1.29, 1.82) is 0 Å². The number of nitrogens with one attached hydrogen (secondary N) is 1. The monoisotopic (exact) mass is 237 g/mol. The quantitative estimate of drug-likeness (QED) is 0.768. The molecule has 0 bridgehead atoms. The lowest BCUT2D eigenvalue weighted by atomic mass is 10.2. The first-order valence-corrected chi connectivity index (χ1v) is 6.41. The van der Waals surface area contributed by atoms with E-state index in [1.165, 1.54) is 31.7 Å². The second kappa shape index (κ2) is 6.72. The molecule has 0 spiro atoms. The van der Waals surface area contributed by atoms with E-state index < -0.39 is 0 Å². The van der Waals surface area contributed by atoms with E-state index in [2.05, 4.69) is 5.32 Å². The lowest BCUT2D eigenvalue weighted by Crippen LogP contribution is -2.21. The van der Waals surface area contributed by atoms with Gasteiger partial charge in [-0.3, -0.25) is 0 Å². The van der Waals surface area contributed by atoms with Gasteiger partial charge < -0.3 is 10.1 Å². The van der Waals surface area contributed by atoms with Gasteiger partial charge in [-0.15, -0.1) is 0 Å². The predicted molar refractivity (Wildman–Crippen MR) is 66.3 cm³/mol. The molecule has 1 N–H and O–H groups in total. The maximum absolute atomic E-state index is 12.9. The molecule has 0 saturated heterocycles. The van der Waals surface area contributed by atoms with Gasteiger partial charge in [0.2, 0.25) is 0 Å². The van der Waals surface area contributed by atoms with E-state index in [0.29, 0.717) is 12.6 Å². The van der Waals surface area contributed by atoms with Gasteiger partial charge in [0.1, 0.15) is 5.82 Å². The number of halogens is 1. The minimum absolute atomic E-state index is 0.175. The first-order valence-electron chi connectivity index (χ1n) is 6.41. The first kappa shape index (κ1) is 12.5. The highest BCUT2D eigenvalue weighted by Gasteiger charge is 2.14. The molecule has 0 unspecified atom stereocenters. The van der Waals surface area contributed by atoms with Gasteiger partial charge in [-0.1, -0.05) is 25.0 Å². The minimum Gasteiger partial charge on any atom is -0.377 e. The number of ether oxygens (including phenoxy) is 1. The molecule has 3 heteroatoms. The molecular formula is C14H20FNO. The fraction of sp³-hybridized carbons (Fsp3) is 0.571. The van der Waals surface area contributed by atoms with Crippen LogP contribution in [0.3, 0.4) is 0 Å². The molecule has 0 aromatic heterocycles. The standard InChI is InChI=1S/C14H20FNO/c15-13-5-3-4-12(10-13)11-16-8-9-17-14-6-1-2-7-14/h3-5,10,14,16H,1-2,6-9,11H2. The largest absolute Gasteiger partial charge is 0.377 e. The average Bonchev–Trinajstić information content (AvgIpc) is 2.82. The zero-order valence-corrected chi connectivity index (χ0v) is 10.1. The summed E-state index contributed by atoms with van der Waals surface area (Å²) < 4.78 is 18.6. The van der Waals surface area contributed by atoms with Crippen LogP contribution in [0, 0.1) is 5.82 Å². The number of hydrogen-bond acceptors (Lipinski definition) is 2. The maximum atomic E-state index is 12.9. The van der Waals surface area contributed by atoms with Crippen molar-refractivity contribution in [3.63, 3.8) is 0 Å². The molecule has 2 nitrogen and oxygen atoms in total. The van der Waals surface area contributed by atoms with Crippen LogP contribution in [0.2, 0.25) is 0 Å². The van der Waals surface area contributed by atoms with Crippen molar-refractivity contribution in [3.05, 3.63) is 35.6 Å². The Morgan fingerprint density at radius 1 is 1.29 bits per heavy atom. The Labute approximate surface area is 102 Å². The molecule has 0 heterocycles. The lowest BCUT2D eigenvalue weighted by Gasteiger charge is -2.11. The Hall–Kier alpha value is -0.930. The van der Waals surface area contributed by atoms with Crippen molar-refractivity contribution in [1.82, 2.24) is 5.32 Å². The highest BCUT2D eigenvalue weighted by molar-refractivity contribution is 5.15. The molecule has 1 saturated carbocycles. The average molecular weight is 237 g/mol. The Morgan fingerprint density at radius 2 is 2.12 bits per heavy atom. The molecule has 0 radical (unpaired) electrons. The van der Waals surface area contributed by atoms with E-state index in [1.54, 1.807) is 12.1 Å². The molecule has 1 aliphatic carbocycles. The fourth-order valence-electron chi connectivity index (χ4n) is 2.23. The van der Waals surface area contributed by atoms with E-state index in [-0.39, 0.29) is 5.82 Å². The van der Waals surface area contributed by atoms with Gasteiger partial charge in [0.05, 0.1) is 12.7 Å². The third-order valence-electron chi connectivity index (χ3n) is 3.15. The third-order valence-corrected chi connectivity index (χ3v) is 3.15. The van der Waals surface area contributed by atoms with Crippen molar-refractivity contribution in [2.75, 3.05) is 13.2 Å². The van der Waals surface area contributed by atoms with E-state index in [0.717, 1.165) is 18.7 Å². The van der Waals surface area contributed by atoms with Gasteiger partial charge >= 0.3 is 0 Å². The Morgan fingerprint density at radius 3 is 2.88 bits per heavy atom. The summed E-state index contributed by atoms with van der Waals surface area (Å²) in [6.07, 6.45) is 5.52. The van der Waals surface area contributed by atoms with Crippen LogP contribution in [-0.4, -0.2) is 19.3 Å². The zero-order chi connectivity index (χ0) is 11.9. The predicted octanol–water partition coefficient (Wildman–Crippen LogP) is 2.87. The van der Waals surface area contributed by atoms with E-state index >= 15 is 0 Å². The second-order valence-corrected chi connectivity index (χ2v) is 4.58. The summed E-state index contributed by atoms with van der Waals surface area (Å²) in [5.41, 5.74) is 0.978. The third kappa shape index (κ3) is 4.44. The minimum atomic E-state index is -0.175. The van der Waals surface area contributed by atoms with Crippen molar-refractivity contribution in [2.24, 2.45) is 0 Å². The van der Waals surface area contributed by atoms with Crippen LogP contribution in [0.1, 0.15) is 31.2 Å². The molecule has 1 aromatic carbocycles. The van der Waals surface area contributed by atoms with Crippen LogP contribution in [0.5, 0.6) is 0 Å². The van der Waals surface area contributed by atoms with Crippen molar-refractivity contribution in [2.45, 2.75) is 38.3 Å². The molecule has 1 fully saturated rings. The van der Waals surface area contributed by atoms with Crippen LogP contribution in [0.15, 0.2) is 24.3 Å². The van der Waals surface area contributed by atoms with Gasteiger partial charge in [0.15, 0.2) is 0 Å². The summed E-state index contributed by atoms with van der Waals surface area (Å²) in [5.74, 6) is -0.175. The Kier molecular flexibility index (Phi) is 4.95. The molecule has 2 rings (SSSR count). The summed E-state index contributed by atoms with van der Waals surface area (Å²) in [6, 6.07) is 6.69. The molecule has 1 aromatic rings. The molecule has 0 aliphatic heterocycles. The van der Waals surface area contributed by atoms with E-state index in [4.69, 9.17) is 4.74 Å². The highest BCUT2D eigenvalue weighted by atomic mass is 19.1. The van der Waals surface area contributed by atoms with Crippen LogP contribution in [-0.2, 0) is 11.3 Å². The fourth-order valence-corrected chi connectivity index (χ4v) is 2.23. The lowest BCUT2D eigenvalue weighted by molar-refractivity contribution is 0.0603. The van der Waals surface area contributed by atoms with Gasteiger partial charge in [-0.2, -0.15) is 0 Å². The van der Waals surface area contributed by atoms with E-state index in [1.807, 2.05) is 6.07 Å². The van der Waals surface area contributed by atoms with Crippen molar-refractivity contribution < 1.29 is 9.13 Å². The first-order chi connectivity index (χ1) is 8.34. The number of hydrogen-bond donors (Lipinski definition) is 1. The second-order valence-electron chi connectivity index (χ2n) is 4.58.